The Balaban J connectivity index is 1.33. The Labute approximate surface area is 253 Å². The molecule has 42 heavy (non-hydrogen) atoms. The summed E-state index contributed by atoms with van der Waals surface area (Å²) in [4.78, 5) is 37.8. The fourth-order valence-electron chi connectivity index (χ4n) is 6.02. The van der Waals surface area contributed by atoms with Gasteiger partial charge in [0.1, 0.15) is 11.9 Å². The molecule has 2 aromatic carbocycles. The molecular formula is C34H43N5O2S. The summed E-state index contributed by atoms with van der Waals surface area (Å²) in [6.07, 6.45) is 3.40. The third-order valence-corrected chi connectivity index (χ3v) is 9.14. The summed E-state index contributed by atoms with van der Waals surface area (Å²) in [6, 6.07) is 20.1. The Morgan fingerprint density at radius 1 is 0.952 bits per heavy atom. The normalized spacial score (nSPS) is 14.6. The van der Waals surface area contributed by atoms with Crippen LogP contribution in [-0.2, 0) is 11.2 Å². The lowest BCUT2D eigenvalue weighted by atomic mass is 10.0. The summed E-state index contributed by atoms with van der Waals surface area (Å²) in [6.45, 7) is 11.4. The van der Waals surface area contributed by atoms with Gasteiger partial charge in [0.25, 0.3) is 5.91 Å². The maximum absolute atomic E-state index is 13.7. The van der Waals surface area contributed by atoms with E-state index < -0.39 is 6.04 Å². The summed E-state index contributed by atoms with van der Waals surface area (Å²) < 4.78 is 2.36. The van der Waals surface area contributed by atoms with Gasteiger partial charge in [-0.3, -0.25) is 9.59 Å². The second-order valence-corrected chi connectivity index (χ2v) is 12.7. The molecule has 4 aromatic rings. The number of imidazole rings is 1. The summed E-state index contributed by atoms with van der Waals surface area (Å²) >= 11 is 1.74. The van der Waals surface area contributed by atoms with Crippen molar-refractivity contribution in [2.45, 2.75) is 65.5 Å². The monoisotopic (exact) mass is 585 g/mol. The fourth-order valence-corrected chi connectivity index (χ4v) is 6.73. The van der Waals surface area contributed by atoms with Crippen LogP contribution in [-0.4, -0.2) is 58.5 Å². The van der Waals surface area contributed by atoms with E-state index in [-0.39, 0.29) is 17.7 Å². The van der Waals surface area contributed by atoms with Crippen LogP contribution in [0.4, 0.5) is 5.69 Å². The van der Waals surface area contributed by atoms with E-state index in [0.29, 0.717) is 31.1 Å². The predicted octanol–water partition coefficient (Wildman–Crippen LogP) is 6.54. The molecule has 222 valence electrons. The second kappa shape index (κ2) is 13.6. The van der Waals surface area contributed by atoms with Gasteiger partial charge in [-0.1, -0.05) is 52.0 Å². The number of benzene rings is 2. The number of anilines is 1. The molecule has 1 fully saturated rings. The van der Waals surface area contributed by atoms with Gasteiger partial charge >= 0.3 is 0 Å². The number of carbonyl (C=O) groups excluding carboxylic acids is 2. The topological polar surface area (TPSA) is 70.5 Å². The zero-order chi connectivity index (χ0) is 29.6. The quantitative estimate of drug-likeness (QED) is 0.217. The van der Waals surface area contributed by atoms with E-state index in [1.807, 2.05) is 41.3 Å². The summed E-state index contributed by atoms with van der Waals surface area (Å²) in [5.41, 5.74) is 3.59. The van der Waals surface area contributed by atoms with Crippen LogP contribution in [0, 0.1) is 5.92 Å². The lowest BCUT2D eigenvalue weighted by Crippen LogP contribution is -2.55. The Morgan fingerprint density at radius 3 is 2.33 bits per heavy atom. The van der Waals surface area contributed by atoms with E-state index in [1.165, 1.54) is 10.6 Å². The molecule has 0 saturated carbocycles. The molecule has 2 amide bonds. The third-order valence-electron chi connectivity index (χ3n) is 8.27. The number of nitrogens with zero attached hydrogens (tertiary/aromatic N) is 4. The zero-order valence-electron chi connectivity index (χ0n) is 25.3. The van der Waals surface area contributed by atoms with Crippen molar-refractivity contribution in [1.29, 1.82) is 0 Å². The van der Waals surface area contributed by atoms with Crippen LogP contribution in [0.5, 0.6) is 0 Å². The average molecular weight is 586 g/mol. The van der Waals surface area contributed by atoms with Crippen molar-refractivity contribution in [3.8, 4) is 0 Å². The maximum atomic E-state index is 13.7. The van der Waals surface area contributed by atoms with Crippen molar-refractivity contribution in [3.63, 3.8) is 0 Å². The van der Waals surface area contributed by atoms with Crippen LogP contribution in [0.25, 0.3) is 11.0 Å². The van der Waals surface area contributed by atoms with Gasteiger partial charge in [-0.05, 0) is 67.0 Å². The number of amides is 2. The van der Waals surface area contributed by atoms with Crippen LogP contribution in [0.1, 0.15) is 74.1 Å². The molecule has 1 aliphatic heterocycles. The second-order valence-electron chi connectivity index (χ2n) is 11.6. The zero-order valence-corrected chi connectivity index (χ0v) is 26.1. The van der Waals surface area contributed by atoms with Gasteiger partial charge in [0.2, 0.25) is 5.91 Å². The molecule has 0 aliphatic carbocycles. The van der Waals surface area contributed by atoms with E-state index in [0.717, 1.165) is 49.2 Å². The number of piperazine rings is 1. The molecule has 1 atom stereocenters. The van der Waals surface area contributed by atoms with Crippen LogP contribution in [0.15, 0.2) is 66.0 Å². The number of hydrogen-bond acceptors (Lipinski definition) is 5. The molecule has 2 aromatic heterocycles. The Kier molecular flexibility index (Phi) is 9.62. The SMILES string of the molecule is CCC(CC)n1c(Cc2cccs2)nc2cc(C(=O)NC(CC(C)C)C(=O)N3CCN(c4ccccc4)CC3)ccc21. The van der Waals surface area contributed by atoms with Gasteiger partial charge in [-0.15, -0.1) is 11.3 Å². The first-order chi connectivity index (χ1) is 20.4. The minimum atomic E-state index is -0.562. The average Bonchev–Trinajstić information content (AvgIpc) is 3.65. The molecule has 1 aliphatic rings. The molecule has 0 spiro atoms. The molecular weight excluding hydrogens is 542 g/mol. The third kappa shape index (κ3) is 6.70. The Morgan fingerprint density at radius 2 is 1.69 bits per heavy atom. The first-order valence-electron chi connectivity index (χ1n) is 15.3. The number of aromatic nitrogens is 2. The number of hydrogen-bond donors (Lipinski definition) is 1. The highest BCUT2D eigenvalue weighted by Gasteiger charge is 2.30. The van der Waals surface area contributed by atoms with Crippen molar-refractivity contribution in [3.05, 3.63) is 82.3 Å². The van der Waals surface area contributed by atoms with Gasteiger partial charge in [0.05, 0.1) is 11.0 Å². The first-order valence-corrected chi connectivity index (χ1v) is 16.2. The number of carbonyl (C=O) groups is 2. The molecule has 1 saturated heterocycles. The lowest BCUT2D eigenvalue weighted by molar-refractivity contribution is -0.134. The van der Waals surface area contributed by atoms with Gasteiger partial charge in [-0.25, -0.2) is 4.98 Å². The Hall–Kier alpha value is -3.65. The van der Waals surface area contributed by atoms with E-state index in [4.69, 9.17) is 4.98 Å². The molecule has 7 nitrogen and oxygen atoms in total. The largest absolute Gasteiger partial charge is 0.368 e. The van der Waals surface area contributed by atoms with E-state index in [1.54, 1.807) is 11.3 Å². The van der Waals surface area contributed by atoms with Crippen molar-refractivity contribution < 1.29 is 9.59 Å². The standard InChI is InChI=1S/C34H43N5O2S/c1-5-26(6-2)39-31-15-14-25(22-29(31)35-32(39)23-28-13-10-20-42-28)33(40)36-30(21-24(3)4)34(41)38-18-16-37(17-19-38)27-11-8-7-9-12-27/h7-15,20,22,24,26,30H,5-6,16-19,21,23H2,1-4H3,(H,36,40). The number of thiophene rings is 1. The maximum Gasteiger partial charge on any atom is 0.252 e. The van der Waals surface area contributed by atoms with Crippen LogP contribution < -0.4 is 10.2 Å². The highest BCUT2D eigenvalue weighted by Crippen LogP contribution is 2.28. The van der Waals surface area contributed by atoms with Gasteiger partial charge < -0.3 is 19.7 Å². The van der Waals surface area contributed by atoms with Crippen LogP contribution >= 0.6 is 11.3 Å². The first kappa shape index (κ1) is 29.8. The minimum absolute atomic E-state index is 0.00193. The lowest BCUT2D eigenvalue weighted by Gasteiger charge is -2.38. The molecule has 8 heteroatoms. The fraction of sp³-hybridized carbons (Fsp3) is 0.441. The number of rotatable bonds is 11. The van der Waals surface area contributed by atoms with Crippen molar-refractivity contribution in [2.75, 3.05) is 31.1 Å². The highest BCUT2D eigenvalue weighted by molar-refractivity contribution is 7.09. The predicted molar refractivity (Wildman–Crippen MR) is 172 cm³/mol. The van der Waals surface area contributed by atoms with Crippen molar-refractivity contribution in [2.24, 2.45) is 5.92 Å². The minimum Gasteiger partial charge on any atom is -0.368 e. The van der Waals surface area contributed by atoms with Crippen molar-refractivity contribution in [1.82, 2.24) is 19.8 Å². The summed E-state index contributed by atoms with van der Waals surface area (Å²) in [5, 5.41) is 5.19. The number of para-hydroxylation sites is 1. The van der Waals surface area contributed by atoms with E-state index in [9.17, 15) is 9.59 Å². The van der Waals surface area contributed by atoms with Gasteiger partial charge in [0, 0.05) is 54.8 Å². The Bertz CT molecular complexity index is 1470. The molecule has 5 rings (SSSR count). The van der Waals surface area contributed by atoms with E-state index in [2.05, 4.69) is 72.1 Å². The molecule has 0 radical (unpaired) electrons. The molecule has 0 bridgehead atoms. The summed E-state index contributed by atoms with van der Waals surface area (Å²) in [5.74, 6) is 1.07. The van der Waals surface area contributed by atoms with E-state index >= 15 is 0 Å². The molecule has 1 unspecified atom stereocenters. The van der Waals surface area contributed by atoms with Crippen molar-refractivity contribution >= 4 is 39.9 Å². The molecule has 1 N–H and O–H groups in total. The smallest absolute Gasteiger partial charge is 0.252 e. The summed E-state index contributed by atoms with van der Waals surface area (Å²) in [7, 11) is 0. The number of fused-ring (bicyclic) bond motifs is 1. The molecule has 3 heterocycles. The van der Waals surface area contributed by atoms with Gasteiger partial charge in [-0.2, -0.15) is 0 Å². The van der Waals surface area contributed by atoms with Crippen LogP contribution in [0.3, 0.4) is 0 Å². The van der Waals surface area contributed by atoms with Crippen LogP contribution in [0.2, 0.25) is 0 Å². The highest BCUT2D eigenvalue weighted by atomic mass is 32.1. The van der Waals surface area contributed by atoms with Gasteiger partial charge in [0.15, 0.2) is 0 Å². The number of nitrogens with one attached hydrogen (secondary N) is 1.